The average molecular weight is 477 g/mol. The predicted molar refractivity (Wildman–Crippen MR) is 127 cm³/mol. The molecule has 6 rings (SSSR count). The molecule has 7 nitrogen and oxygen atoms in total. The van der Waals surface area contributed by atoms with Crippen molar-refractivity contribution in [3.63, 3.8) is 0 Å². The zero-order valence-corrected chi connectivity index (χ0v) is 19.6. The molecule has 35 heavy (non-hydrogen) atoms. The van der Waals surface area contributed by atoms with Gasteiger partial charge in [0.15, 0.2) is 5.60 Å². The van der Waals surface area contributed by atoms with Gasteiger partial charge in [0.1, 0.15) is 12.4 Å². The molecule has 2 aromatic heterocycles. The summed E-state index contributed by atoms with van der Waals surface area (Å²) in [7, 11) is 0. The summed E-state index contributed by atoms with van der Waals surface area (Å²) >= 11 is 0. The third-order valence-electron chi connectivity index (χ3n) is 8.30. The predicted octanol–water partition coefficient (Wildman–Crippen LogP) is 2.89. The largest absolute Gasteiger partial charge is 0.458 e. The number of hydrogen-bond donors (Lipinski definition) is 2. The van der Waals surface area contributed by atoms with E-state index in [9.17, 15) is 24.2 Å². The number of hydrogen-bond acceptors (Lipinski definition) is 6. The van der Waals surface area contributed by atoms with Crippen molar-refractivity contribution in [1.29, 1.82) is 0 Å². The molecular weight excluding hydrogens is 451 g/mol. The van der Waals surface area contributed by atoms with Gasteiger partial charge in [0, 0.05) is 28.0 Å². The van der Waals surface area contributed by atoms with E-state index >= 15 is 0 Å². The van der Waals surface area contributed by atoms with Gasteiger partial charge in [-0.05, 0) is 48.9 Å². The number of ether oxygens (including phenoxy) is 1. The number of aryl methyl sites for hydroxylation is 1. The number of carbonyl (C=O) groups is 1. The summed E-state index contributed by atoms with van der Waals surface area (Å²) in [5.74, 6) is -1.14. The lowest BCUT2D eigenvalue weighted by Crippen LogP contribution is -2.44. The summed E-state index contributed by atoms with van der Waals surface area (Å²) in [6.45, 7) is 7.22. The topological polar surface area (TPSA) is 102 Å². The fourth-order valence-corrected chi connectivity index (χ4v) is 6.15. The Morgan fingerprint density at radius 1 is 1.29 bits per heavy atom. The van der Waals surface area contributed by atoms with Crippen LogP contribution in [0.15, 0.2) is 29.6 Å². The number of aliphatic hydroxyl groups excluding tert-OH is 1. The maximum Gasteiger partial charge on any atom is 0.343 e. The number of esters is 1. The molecule has 2 N–H and O–H groups in total. The Labute approximate surface area is 200 Å². The van der Waals surface area contributed by atoms with Crippen molar-refractivity contribution >= 4 is 16.9 Å². The van der Waals surface area contributed by atoms with Crippen molar-refractivity contribution in [1.82, 2.24) is 9.55 Å². The minimum Gasteiger partial charge on any atom is -0.458 e. The van der Waals surface area contributed by atoms with Crippen LogP contribution in [-0.4, -0.2) is 32.3 Å². The van der Waals surface area contributed by atoms with E-state index in [2.05, 4.69) is 6.58 Å². The Balaban J connectivity index is 1.74. The van der Waals surface area contributed by atoms with Crippen LogP contribution in [0.5, 0.6) is 0 Å². The SMILES string of the molecule is C=CC1(CO)CCc2c(C)c(F)cc3nc4c(c1c23)Cn1c-4cc2c(c1=O)COC(=O)[C@]2(O)CC. The smallest absolute Gasteiger partial charge is 0.343 e. The molecule has 1 aliphatic carbocycles. The molecule has 1 unspecified atom stereocenters. The zero-order valence-electron chi connectivity index (χ0n) is 19.6. The molecule has 0 saturated heterocycles. The van der Waals surface area contributed by atoms with E-state index in [0.29, 0.717) is 35.3 Å². The van der Waals surface area contributed by atoms with E-state index in [1.807, 2.05) is 0 Å². The van der Waals surface area contributed by atoms with Crippen molar-refractivity contribution in [3.8, 4) is 11.4 Å². The lowest BCUT2D eigenvalue weighted by atomic mass is 9.68. The van der Waals surface area contributed by atoms with Crippen LogP contribution < -0.4 is 5.56 Å². The highest BCUT2D eigenvalue weighted by Crippen LogP contribution is 2.49. The molecule has 0 radical (unpaired) electrons. The summed E-state index contributed by atoms with van der Waals surface area (Å²) in [6.07, 6.45) is 2.91. The molecular formula is C27H25FN2O5. The number of cyclic esters (lactones) is 1. The van der Waals surface area contributed by atoms with Gasteiger partial charge in [-0.3, -0.25) is 4.79 Å². The number of fused-ring (bicyclic) bond motifs is 5. The average Bonchev–Trinajstić information content (AvgIpc) is 3.23. The standard InChI is InChI=1S/C27H25FN2O5/c1-4-26(12-31)7-6-14-13(3)18(28)9-19-21(14)22(26)15-10-30-20(23(15)29-19)8-17-16(24(30)32)11-35-25(33)27(17,34)5-2/h4,8-9,31,34H,1,5-7,10-12H2,2-3H3/t26?,27-/m0/s1. The maximum atomic E-state index is 14.9. The molecule has 3 aromatic rings. The summed E-state index contributed by atoms with van der Waals surface area (Å²) in [6, 6.07) is 3.04. The minimum absolute atomic E-state index is 0.0446. The van der Waals surface area contributed by atoms with Crippen molar-refractivity contribution in [3.05, 3.63) is 74.3 Å². The van der Waals surface area contributed by atoms with Crippen LogP contribution in [0.3, 0.4) is 0 Å². The second-order valence-corrected chi connectivity index (χ2v) is 9.79. The van der Waals surface area contributed by atoms with Gasteiger partial charge in [-0.1, -0.05) is 13.0 Å². The molecule has 2 atom stereocenters. The number of carbonyl (C=O) groups excluding carboxylic acids is 1. The van der Waals surface area contributed by atoms with Crippen LogP contribution in [0.1, 0.15) is 53.1 Å². The van der Waals surface area contributed by atoms with Gasteiger partial charge in [-0.15, -0.1) is 6.58 Å². The lowest BCUT2D eigenvalue weighted by molar-refractivity contribution is -0.172. The van der Waals surface area contributed by atoms with E-state index in [1.165, 1.54) is 6.07 Å². The van der Waals surface area contributed by atoms with Crippen molar-refractivity contribution in [2.75, 3.05) is 6.61 Å². The number of benzene rings is 1. The Bertz CT molecular complexity index is 1560. The molecule has 4 heterocycles. The number of rotatable bonds is 3. The highest BCUT2D eigenvalue weighted by molar-refractivity contribution is 5.94. The van der Waals surface area contributed by atoms with Crippen LogP contribution in [-0.2, 0) is 40.1 Å². The summed E-state index contributed by atoms with van der Waals surface area (Å²) < 4.78 is 21.6. The van der Waals surface area contributed by atoms with Crippen molar-refractivity contribution < 1.29 is 24.1 Å². The number of halogens is 1. The van der Waals surface area contributed by atoms with E-state index < -0.39 is 17.0 Å². The molecule has 1 aromatic carbocycles. The van der Waals surface area contributed by atoms with Gasteiger partial charge >= 0.3 is 5.97 Å². The van der Waals surface area contributed by atoms with Crippen LogP contribution in [0.2, 0.25) is 0 Å². The number of pyridine rings is 2. The summed E-state index contributed by atoms with van der Waals surface area (Å²) in [5, 5.41) is 22.4. The molecule has 0 saturated carbocycles. The van der Waals surface area contributed by atoms with E-state index in [-0.39, 0.29) is 48.7 Å². The molecule has 0 spiro atoms. The zero-order chi connectivity index (χ0) is 24.9. The molecule has 3 aliphatic rings. The fraction of sp³-hybridized carbons (Fsp3) is 0.370. The molecule has 8 heteroatoms. The first kappa shape index (κ1) is 22.1. The minimum atomic E-state index is -1.93. The van der Waals surface area contributed by atoms with Gasteiger partial charge in [0.25, 0.3) is 5.56 Å². The van der Waals surface area contributed by atoms with Gasteiger partial charge in [0.05, 0.1) is 35.6 Å². The van der Waals surface area contributed by atoms with Crippen LogP contribution in [0.25, 0.3) is 22.3 Å². The summed E-state index contributed by atoms with van der Waals surface area (Å²) in [4.78, 5) is 30.8. The molecule has 0 fully saturated rings. The third-order valence-corrected chi connectivity index (χ3v) is 8.30. The Morgan fingerprint density at radius 2 is 2.06 bits per heavy atom. The van der Waals surface area contributed by atoms with Gasteiger partial charge < -0.3 is 19.5 Å². The lowest BCUT2D eigenvalue weighted by Gasteiger charge is -2.37. The van der Waals surface area contributed by atoms with Gasteiger partial charge in [-0.25, -0.2) is 14.2 Å². The fourth-order valence-electron chi connectivity index (χ4n) is 6.15. The number of nitrogens with zero attached hydrogens (tertiary/aromatic N) is 2. The second kappa shape index (κ2) is 7.08. The van der Waals surface area contributed by atoms with Gasteiger partial charge in [-0.2, -0.15) is 0 Å². The molecule has 2 aliphatic heterocycles. The Kier molecular flexibility index (Phi) is 4.48. The van der Waals surface area contributed by atoms with Gasteiger partial charge in [0.2, 0.25) is 0 Å². The molecule has 180 valence electrons. The quantitative estimate of drug-likeness (QED) is 0.348. The number of aliphatic hydroxyl groups is 2. The van der Waals surface area contributed by atoms with Crippen molar-refractivity contribution in [2.45, 2.75) is 57.3 Å². The first-order valence-electron chi connectivity index (χ1n) is 11.8. The Hall–Kier alpha value is -3.36. The van der Waals surface area contributed by atoms with Crippen LogP contribution in [0, 0.1) is 12.7 Å². The third kappa shape index (κ3) is 2.58. The van der Waals surface area contributed by atoms with Crippen molar-refractivity contribution in [2.24, 2.45) is 0 Å². The first-order chi connectivity index (χ1) is 16.7. The normalized spacial score (nSPS) is 24.1. The highest BCUT2D eigenvalue weighted by Gasteiger charge is 2.46. The Morgan fingerprint density at radius 3 is 2.74 bits per heavy atom. The monoisotopic (exact) mass is 476 g/mol. The van der Waals surface area contributed by atoms with Crippen LogP contribution in [0.4, 0.5) is 4.39 Å². The number of aromatic nitrogens is 2. The maximum absolute atomic E-state index is 14.9. The van der Waals surface area contributed by atoms with E-state index in [0.717, 1.165) is 22.1 Å². The molecule has 0 amide bonds. The first-order valence-corrected chi connectivity index (χ1v) is 11.8. The van der Waals surface area contributed by atoms with E-state index in [1.54, 1.807) is 30.6 Å². The summed E-state index contributed by atoms with van der Waals surface area (Å²) in [5.41, 5.74) is 1.79. The highest BCUT2D eigenvalue weighted by atomic mass is 19.1. The second-order valence-electron chi connectivity index (χ2n) is 9.79. The molecule has 0 bridgehead atoms. The van der Waals surface area contributed by atoms with Crippen LogP contribution >= 0.6 is 0 Å². The van der Waals surface area contributed by atoms with E-state index in [4.69, 9.17) is 9.72 Å².